The van der Waals surface area contributed by atoms with Gasteiger partial charge in [-0.25, -0.2) is 8.42 Å². The molecule has 2 aliphatic rings. The minimum absolute atomic E-state index is 0.0900. The van der Waals surface area contributed by atoms with Crippen LogP contribution >= 0.6 is 11.6 Å². The first kappa shape index (κ1) is 22.8. The Bertz CT molecular complexity index is 1080. The van der Waals surface area contributed by atoms with Gasteiger partial charge in [-0.3, -0.25) is 9.59 Å². The maximum atomic E-state index is 12.7. The molecule has 1 aromatic carbocycles. The van der Waals surface area contributed by atoms with Gasteiger partial charge < -0.3 is 19.9 Å². The number of rotatable bonds is 7. The number of sulfonamides is 1. The summed E-state index contributed by atoms with van der Waals surface area (Å²) in [6.45, 7) is 5.04. The van der Waals surface area contributed by atoms with Crippen LogP contribution in [-0.2, 0) is 19.6 Å². The van der Waals surface area contributed by atoms with Crippen molar-refractivity contribution in [3.8, 4) is 5.75 Å². The van der Waals surface area contributed by atoms with Gasteiger partial charge in [0.15, 0.2) is 12.4 Å². The van der Waals surface area contributed by atoms with Crippen LogP contribution in [0.2, 0.25) is 5.02 Å². The van der Waals surface area contributed by atoms with Crippen molar-refractivity contribution >= 4 is 45.0 Å². The molecule has 1 aromatic rings. The molecule has 0 spiro atoms. The number of ether oxygens (including phenoxy) is 1. The first-order valence-electron chi connectivity index (χ1n) is 9.73. The molecule has 0 radical (unpaired) electrons. The summed E-state index contributed by atoms with van der Waals surface area (Å²) in [6.07, 6.45) is 4.83. The van der Waals surface area contributed by atoms with Crippen molar-refractivity contribution in [3.05, 3.63) is 47.1 Å². The minimum atomic E-state index is -3.61. The minimum Gasteiger partial charge on any atom is -0.482 e. The van der Waals surface area contributed by atoms with E-state index < -0.39 is 15.9 Å². The van der Waals surface area contributed by atoms with Crippen molar-refractivity contribution in [2.24, 2.45) is 4.40 Å². The molecular weight excluding hydrogens is 444 g/mol. The number of anilines is 1. The number of halogens is 1. The predicted molar refractivity (Wildman–Crippen MR) is 119 cm³/mol. The van der Waals surface area contributed by atoms with E-state index in [1.165, 1.54) is 12.1 Å². The molecule has 31 heavy (non-hydrogen) atoms. The van der Waals surface area contributed by atoms with Crippen molar-refractivity contribution in [1.82, 2.24) is 9.80 Å². The molecule has 0 bridgehead atoms. The summed E-state index contributed by atoms with van der Waals surface area (Å²) in [5.41, 5.74) is 0.519. The van der Waals surface area contributed by atoms with Crippen molar-refractivity contribution in [1.29, 1.82) is 0 Å². The largest absolute Gasteiger partial charge is 0.482 e. The first-order valence-corrected chi connectivity index (χ1v) is 11.7. The number of nitrogens with one attached hydrogen (secondary N) is 1. The fourth-order valence-corrected chi connectivity index (χ4v) is 4.32. The van der Waals surface area contributed by atoms with Gasteiger partial charge in [-0.2, -0.15) is 0 Å². The average molecular weight is 467 g/mol. The predicted octanol–water partition coefficient (Wildman–Crippen LogP) is 2.02. The number of hydrogen-bond donors (Lipinski definition) is 1. The molecule has 11 heteroatoms. The number of allylic oxidation sites excluding steroid dienone is 2. The van der Waals surface area contributed by atoms with Gasteiger partial charge in [0.1, 0.15) is 5.75 Å². The summed E-state index contributed by atoms with van der Waals surface area (Å²) in [4.78, 5) is 28.1. The molecule has 0 aromatic heterocycles. The summed E-state index contributed by atoms with van der Waals surface area (Å²) in [7, 11) is -3.61. The van der Waals surface area contributed by atoms with Gasteiger partial charge in [0, 0.05) is 31.5 Å². The fraction of sp³-hybridized carbons (Fsp3) is 0.350. The van der Waals surface area contributed by atoms with E-state index in [1.54, 1.807) is 34.2 Å². The number of hydrogen-bond acceptors (Lipinski definition) is 6. The number of carbonyl (C=O) groups is 2. The Labute approximate surface area is 186 Å². The Hall–Kier alpha value is -2.85. The summed E-state index contributed by atoms with van der Waals surface area (Å²) in [6, 6.07) is 4.63. The molecule has 0 fully saturated rings. The van der Waals surface area contributed by atoms with Gasteiger partial charge in [-0.05, 0) is 44.2 Å². The van der Waals surface area contributed by atoms with Gasteiger partial charge in [0.2, 0.25) is 0 Å². The van der Waals surface area contributed by atoms with E-state index >= 15 is 0 Å². The Morgan fingerprint density at radius 3 is 2.71 bits per heavy atom. The third-order valence-corrected chi connectivity index (χ3v) is 6.20. The summed E-state index contributed by atoms with van der Waals surface area (Å²) in [5.74, 6) is -0.375. The van der Waals surface area contributed by atoms with E-state index in [2.05, 4.69) is 9.71 Å². The normalized spacial score (nSPS) is 16.7. The van der Waals surface area contributed by atoms with Crippen LogP contribution in [0.1, 0.15) is 13.8 Å². The average Bonchev–Trinajstić information content (AvgIpc) is 2.73. The summed E-state index contributed by atoms with van der Waals surface area (Å²) >= 11 is 6.24. The molecule has 3 rings (SSSR count). The van der Waals surface area contributed by atoms with E-state index in [-0.39, 0.29) is 41.2 Å². The highest BCUT2D eigenvalue weighted by Gasteiger charge is 2.30. The van der Waals surface area contributed by atoms with Gasteiger partial charge in [-0.15, -0.1) is 4.40 Å². The van der Waals surface area contributed by atoms with Gasteiger partial charge in [0.25, 0.3) is 21.8 Å². The van der Waals surface area contributed by atoms with Crippen LogP contribution in [0.25, 0.3) is 0 Å². The SMILES string of the molecule is CCN(CC)C(=O)COc1ccc(NC(=O)C2=CC=CN3CCS(=O)(=O)N=C23)cc1Cl. The van der Waals surface area contributed by atoms with Crippen LogP contribution in [0.15, 0.2) is 46.5 Å². The first-order chi connectivity index (χ1) is 14.7. The molecule has 0 saturated carbocycles. The van der Waals surface area contributed by atoms with Crippen LogP contribution in [0.4, 0.5) is 5.69 Å². The molecule has 2 heterocycles. The lowest BCUT2D eigenvalue weighted by Gasteiger charge is -2.28. The van der Waals surface area contributed by atoms with E-state index in [1.807, 2.05) is 13.8 Å². The quantitative estimate of drug-likeness (QED) is 0.658. The third-order valence-electron chi connectivity index (χ3n) is 4.76. The van der Waals surface area contributed by atoms with Crippen LogP contribution in [0, 0.1) is 0 Å². The maximum Gasteiger partial charge on any atom is 0.260 e. The zero-order valence-corrected chi connectivity index (χ0v) is 18.7. The molecule has 0 aliphatic carbocycles. The highest BCUT2D eigenvalue weighted by Crippen LogP contribution is 2.28. The monoisotopic (exact) mass is 466 g/mol. The molecule has 0 saturated heterocycles. The number of amides is 2. The second kappa shape index (κ2) is 9.52. The molecular formula is C20H23ClN4O5S. The molecule has 1 N–H and O–H groups in total. The van der Waals surface area contributed by atoms with Crippen LogP contribution < -0.4 is 10.1 Å². The lowest BCUT2D eigenvalue weighted by Crippen LogP contribution is -2.40. The number of fused-ring (bicyclic) bond motifs is 1. The zero-order valence-electron chi connectivity index (χ0n) is 17.2. The van der Waals surface area contributed by atoms with Crippen LogP contribution in [0.3, 0.4) is 0 Å². The number of amidine groups is 1. The van der Waals surface area contributed by atoms with Crippen molar-refractivity contribution in [2.75, 3.05) is 37.3 Å². The lowest BCUT2D eigenvalue weighted by atomic mass is 10.1. The highest BCUT2D eigenvalue weighted by atomic mass is 35.5. The van der Waals surface area contributed by atoms with Gasteiger partial charge >= 0.3 is 0 Å². The smallest absolute Gasteiger partial charge is 0.260 e. The van der Waals surface area contributed by atoms with Gasteiger partial charge in [-0.1, -0.05) is 11.6 Å². The zero-order chi connectivity index (χ0) is 22.6. The standard InChI is InChI=1S/C20H23ClN4O5S/c1-3-24(4-2)18(26)13-30-17-8-7-14(12-16(17)21)22-20(27)15-6-5-9-25-10-11-31(28,29)23-19(15)25/h5-9,12H,3-4,10-11,13H2,1-2H3,(H,22,27). The van der Waals surface area contributed by atoms with Crippen LogP contribution in [-0.4, -0.2) is 67.9 Å². The highest BCUT2D eigenvalue weighted by molar-refractivity contribution is 7.90. The Morgan fingerprint density at radius 1 is 1.29 bits per heavy atom. The number of benzene rings is 1. The number of nitrogens with zero attached hydrogens (tertiary/aromatic N) is 3. The van der Waals surface area contributed by atoms with Gasteiger partial charge in [0.05, 0.1) is 16.3 Å². The Balaban J connectivity index is 1.69. The number of likely N-dealkylation sites (N-methyl/N-ethyl adjacent to an activating group) is 1. The molecule has 0 atom stereocenters. The van der Waals surface area contributed by atoms with E-state index in [0.29, 0.717) is 24.5 Å². The molecule has 2 amide bonds. The van der Waals surface area contributed by atoms with Crippen molar-refractivity contribution in [2.45, 2.75) is 13.8 Å². The second-order valence-electron chi connectivity index (χ2n) is 6.77. The molecule has 9 nitrogen and oxygen atoms in total. The lowest BCUT2D eigenvalue weighted by molar-refractivity contribution is -0.133. The fourth-order valence-electron chi connectivity index (χ4n) is 3.09. The molecule has 0 unspecified atom stereocenters. The molecule has 2 aliphatic heterocycles. The summed E-state index contributed by atoms with van der Waals surface area (Å²) in [5, 5.41) is 2.91. The Kier molecular flexibility index (Phi) is 7.01. The third kappa shape index (κ3) is 5.45. The van der Waals surface area contributed by atoms with E-state index in [0.717, 1.165) is 0 Å². The van der Waals surface area contributed by atoms with Crippen molar-refractivity contribution in [3.63, 3.8) is 0 Å². The van der Waals surface area contributed by atoms with Crippen LogP contribution in [0.5, 0.6) is 5.75 Å². The topological polar surface area (TPSA) is 108 Å². The van der Waals surface area contributed by atoms with Crippen molar-refractivity contribution < 1.29 is 22.7 Å². The molecule has 166 valence electrons. The maximum absolute atomic E-state index is 12.7. The summed E-state index contributed by atoms with van der Waals surface area (Å²) < 4.78 is 32.9. The number of carbonyl (C=O) groups excluding carboxylic acids is 2. The second-order valence-corrected chi connectivity index (χ2v) is 8.93. The Morgan fingerprint density at radius 2 is 2.03 bits per heavy atom. The van der Waals surface area contributed by atoms with E-state index in [9.17, 15) is 18.0 Å². The van der Waals surface area contributed by atoms with E-state index in [4.69, 9.17) is 16.3 Å².